The van der Waals surface area contributed by atoms with E-state index in [0.29, 0.717) is 11.5 Å². The number of rotatable bonds is 4. The lowest BCUT2D eigenvalue weighted by Crippen LogP contribution is -2.04. The van der Waals surface area contributed by atoms with Crippen molar-refractivity contribution in [2.45, 2.75) is 20.3 Å². The third-order valence-corrected chi connectivity index (χ3v) is 2.80. The Morgan fingerprint density at radius 3 is 2.73 bits per heavy atom. The summed E-state index contributed by atoms with van der Waals surface area (Å²) < 4.78 is 0.847. The van der Waals surface area contributed by atoms with E-state index in [-0.39, 0.29) is 0 Å². The van der Waals surface area contributed by atoms with Gasteiger partial charge in [-0.05, 0) is 46.5 Å². The van der Waals surface area contributed by atoms with Gasteiger partial charge in [0, 0.05) is 16.7 Å². The third kappa shape index (κ3) is 3.93. The van der Waals surface area contributed by atoms with Gasteiger partial charge in [0.1, 0.15) is 6.07 Å². The zero-order valence-corrected chi connectivity index (χ0v) is 10.6. The maximum Gasteiger partial charge on any atom is 0.100 e. The Kier molecular flexibility index (Phi) is 4.64. The van der Waals surface area contributed by atoms with E-state index in [1.54, 1.807) is 0 Å². The molecule has 1 aromatic carbocycles. The molecule has 2 nitrogen and oxygen atoms in total. The van der Waals surface area contributed by atoms with Crippen LogP contribution in [0.5, 0.6) is 0 Å². The summed E-state index contributed by atoms with van der Waals surface area (Å²) in [4.78, 5) is 0. The molecule has 0 radical (unpaired) electrons. The number of halogens is 1. The van der Waals surface area contributed by atoms with Gasteiger partial charge in [0.2, 0.25) is 0 Å². The van der Waals surface area contributed by atoms with Crippen LogP contribution >= 0.6 is 15.9 Å². The van der Waals surface area contributed by atoms with Gasteiger partial charge in [0.25, 0.3) is 0 Å². The largest absolute Gasteiger partial charge is 0.385 e. The number of benzene rings is 1. The van der Waals surface area contributed by atoms with E-state index in [1.807, 2.05) is 18.2 Å². The van der Waals surface area contributed by atoms with Crippen LogP contribution in [0, 0.1) is 17.2 Å². The van der Waals surface area contributed by atoms with E-state index in [9.17, 15) is 0 Å². The van der Waals surface area contributed by atoms with Crippen molar-refractivity contribution in [3.8, 4) is 6.07 Å². The van der Waals surface area contributed by atoms with Crippen LogP contribution in [0.3, 0.4) is 0 Å². The van der Waals surface area contributed by atoms with E-state index in [4.69, 9.17) is 5.26 Å². The molecule has 0 aliphatic rings. The fourth-order valence-electron chi connectivity index (χ4n) is 1.22. The van der Waals surface area contributed by atoms with Crippen molar-refractivity contribution >= 4 is 21.6 Å². The lowest BCUT2D eigenvalue weighted by atomic mass is 10.1. The first-order valence-corrected chi connectivity index (χ1v) is 5.86. The highest BCUT2D eigenvalue weighted by molar-refractivity contribution is 9.10. The van der Waals surface area contributed by atoms with Crippen molar-refractivity contribution < 1.29 is 0 Å². The SMILES string of the molecule is CC(C)CCNc1ccc(C#N)c(Br)c1. The summed E-state index contributed by atoms with van der Waals surface area (Å²) in [6, 6.07) is 7.82. The molecule has 0 saturated heterocycles. The molecule has 0 saturated carbocycles. The average Bonchev–Trinajstić information content (AvgIpc) is 2.17. The maximum atomic E-state index is 8.76. The number of nitriles is 1. The molecule has 0 heterocycles. The minimum atomic E-state index is 0.671. The highest BCUT2D eigenvalue weighted by Gasteiger charge is 2.00. The second-order valence-corrected chi connectivity index (χ2v) is 4.77. The molecule has 1 aromatic rings. The topological polar surface area (TPSA) is 35.8 Å². The zero-order valence-electron chi connectivity index (χ0n) is 9.05. The molecular weight excluding hydrogens is 252 g/mol. The summed E-state index contributed by atoms with van der Waals surface area (Å²) in [7, 11) is 0. The quantitative estimate of drug-likeness (QED) is 0.901. The van der Waals surface area contributed by atoms with Gasteiger partial charge in [0.15, 0.2) is 0 Å². The predicted octanol–water partition coefficient (Wildman–Crippen LogP) is 3.78. The summed E-state index contributed by atoms with van der Waals surface area (Å²) in [6.45, 7) is 5.38. The van der Waals surface area contributed by atoms with Gasteiger partial charge in [-0.3, -0.25) is 0 Å². The number of anilines is 1. The molecule has 0 aliphatic carbocycles. The van der Waals surface area contributed by atoms with Crippen molar-refractivity contribution in [2.24, 2.45) is 5.92 Å². The standard InChI is InChI=1S/C12H15BrN2/c1-9(2)5-6-15-11-4-3-10(8-14)12(13)7-11/h3-4,7,9,15H,5-6H2,1-2H3. The Labute approximate surface area is 99.4 Å². The summed E-state index contributed by atoms with van der Waals surface area (Å²) in [5.74, 6) is 0.708. The minimum Gasteiger partial charge on any atom is -0.385 e. The van der Waals surface area contributed by atoms with Crippen LogP contribution < -0.4 is 5.32 Å². The van der Waals surface area contributed by atoms with Crippen LogP contribution in [0.15, 0.2) is 22.7 Å². The Bertz CT molecular complexity index is 366. The number of hydrogen-bond acceptors (Lipinski definition) is 2. The van der Waals surface area contributed by atoms with E-state index >= 15 is 0 Å². The monoisotopic (exact) mass is 266 g/mol. The van der Waals surface area contributed by atoms with Crippen LogP contribution in [-0.2, 0) is 0 Å². The van der Waals surface area contributed by atoms with Crippen LogP contribution in [0.25, 0.3) is 0 Å². The predicted molar refractivity (Wildman–Crippen MR) is 66.8 cm³/mol. The molecule has 0 atom stereocenters. The molecule has 0 amide bonds. The first-order chi connectivity index (χ1) is 7.13. The molecule has 15 heavy (non-hydrogen) atoms. The number of hydrogen-bond donors (Lipinski definition) is 1. The lowest BCUT2D eigenvalue weighted by Gasteiger charge is -2.08. The van der Waals surface area contributed by atoms with Crippen molar-refractivity contribution in [3.05, 3.63) is 28.2 Å². The molecule has 1 N–H and O–H groups in total. The molecule has 0 bridgehead atoms. The minimum absolute atomic E-state index is 0.671. The molecule has 0 fully saturated rings. The molecular formula is C12H15BrN2. The Morgan fingerprint density at radius 2 is 2.20 bits per heavy atom. The van der Waals surface area contributed by atoms with Gasteiger partial charge >= 0.3 is 0 Å². The van der Waals surface area contributed by atoms with Crippen molar-refractivity contribution in [1.29, 1.82) is 5.26 Å². The summed E-state index contributed by atoms with van der Waals surface area (Å²) >= 11 is 3.37. The van der Waals surface area contributed by atoms with E-state index in [1.165, 1.54) is 0 Å². The molecule has 0 unspecified atom stereocenters. The normalized spacial score (nSPS) is 10.1. The molecule has 80 valence electrons. The summed E-state index contributed by atoms with van der Waals surface area (Å²) in [5, 5.41) is 12.1. The summed E-state index contributed by atoms with van der Waals surface area (Å²) in [6.07, 6.45) is 1.15. The molecule has 0 aliphatic heterocycles. The second-order valence-electron chi connectivity index (χ2n) is 3.92. The molecule has 3 heteroatoms. The van der Waals surface area contributed by atoms with Gasteiger partial charge < -0.3 is 5.32 Å². The van der Waals surface area contributed by atoms with Crippen LogP contribution in [0.1, 0.15) is 25.8 Å². The first-order valence-electron chi connectivity index (χ1n) is 5.07. The van der Waals surface area contributed by atoms with Gasteiger partial charge in [-0.2, -0.15) is 5.26 Å². The van der Waals surface area contributed by atoms with Crippen molar-refractivity contribution in [1.82, 2.24) is 0 Å². The highest BCUT2D eigenvalue weighted by Crippen LogP contribution is 2.20. The third-order valence-electron chi connectivity index (χ3n) is 2.14. The second kappa shape index (κ2) is 5.77. The van der Waals surface area contributed by atoms with Gasteiger partial charge in [-0.15, -0.1) is 0 Å². The highest BCUT2D eigenvalue weighted by atomic mass is 79.9. The number of nitrogens with zero attached hydrogens (tertiary/aromatic N) is 1. The van der Waals surface area contributed by atoms with E-state index in [0.717, 1.165) is 23.1 Å². The maximum absolute atomic E-state index is 8.76. The smallest absolute Gasteiger partial charge is 0.100 e. The Morgan fingerprint density at radius 1 is 1.47 bits per heavy atom. The van der Waals surface area contributed by atoms with Gasteiger partial charge in [-0.1, -0.05) is 13.8 Å². The van der Waals surface area contributed by atoms with E-state index in [2.05, 4.69) is 41.2 Å². The lowest BCUT2D eigenvalue weighted by molar-refractivity contribution is 0.607. The first kappa shape index (κ1) is 12.1. The van der Waals surface area contributed by atoms with Gasteiger partial charge in [0.05, 0.1) is 5.56 Å². The van der Waals surface area contributed by atoms with Crippen molar-refractivity contribution in [3.63, 3.8) is 0 Å². The average molecular weight is 267 g/mol. The van der Waals surface area contributed by atoms with Crippen LogP contribution in [0.4, 0.5) is 5.69 Å². The summed E-state index contributed by atoms with van der Waals surface area (Å²) in [5.41, 5.74) is 1.73. The van der Waals surface area contributed by atoms with E-state index < -0.39 is 0 Å². The van der Waals surface area contributed by atoms with Crippen molar-refractivity contribution in [2.75, 3.05) is 11.9 Å². The van der Waals surface area contributed by atoms with Crippen LogP contribution in [-0.4, -0.2) is 6.54 Å². The Balaban J connectivity index is 2.57. The molecule has 1 rings (SSSR count). The fourth-order valence-corrected chi connectivity index (χ4v) is 1.69. The van der Waals surface area contributed by atoms with Crippen LogP contribution in [0.2, 0.25) is 0 Å². The zero-order chi connectivity index (χ0) is 11.3. The molecule has 0 aromatic heterocycles. The fraction of sp³-hybridized carbons (Fsp3) is 0.417. The molecule has 0 spiro atoms. The number of nitrogens with one attached hydrogen (secondary N) is 1. The van der Waals surface area contributed by atoms with Gasteiger partial charge in [-0.25, -0.2) is 0 Å². The Hall–Kier alpha value is -1.01.